The van der Waals surface area contributed by atoms with E-state index < -0.39 is 0 Å². The molecule has 2 rings (SSSR count). The fourth-order valence-corrected chi connectivity index (χ4v) is 2.15. The summed E-state index contributed by atoms with van der Waals surface area (Å²) in [6.45, 7) is 2.51. The van der Waals surface area contributed by atoms with E-state index >= 15 is 0 Å². The van der Waals surface area contributed by atoms with Crippen LogP contribution in [0.3, 0.4) is 0 Å². The molecule has 1 fully saturated rings. The van der Waals surface area contributed by atoms with Gasteiger partial charge in [0.2, 0.25) is 0 Å². The van der Waals surface area contributed by atoms with Crippen LogP contribution in [0.15, 0.2) is 24.3 Å². The van der Waals surface area contributed by atoms with Crippen LogP contribution in [0.4, 0.5) is 0 Å². The van der Waals surface area contributed by atoms with Crippen molar-refractivity contribution in [2.45, 2.75) is 38.1 Å². The van der Waals surface area contributed by atoms with Crippen LogP contribution in [-0.4, -0.2) is 5.78 Å². The first-order valence-electron chi connectivity index (χ1n) is 5.56. The Kier molecular flexibility index (Phi) is 2.61. The molecule has 0 aliphatic heterocycles. The molecule has 0 heterocycles. The quantitative estimate of drug-likeness (QED) is 0.814. The van der Waals surface area contributed by atoms with Crippen molar-refractivity contribution in [2.75, 3.05) is 0 Å². The largest absolute Gasteiger partial charge is 0.326 e. The molecule has 0 saturated heterocycles. The van der Waals surface area contributed by atoms with Crippen LogP contribution in [0.25, 0.3) is 0 Å². The molecule has 80 valence electrons. The van der Waals surface area contributed by atoms with Crippen LogP contribution in [0, 0.1) is 0 Å². The highest BCUT2D eigenvalue weighted by Crippen LogP contribution is 2.49. The fourth-order valence-electron chi connectivity index (χ4n) is 2.15. The minimum absolute atomic E-state index is 0.137. The van der Waals surface area contributed by atoms with Gasteiger partial charge in [-0.3, -0.25) is 4.79 Å². The van der Waals surface area contributed by atoms with E-state index in [2.05, 4.69) is 12.1 Å². The van der Waals surface area contributed by atoms with Crippen molar-refractivity contribution in [1.82, 2.24) is 0 Å². The first kappa shape index (κ1) is 10.4. The summed E-state index contributed by atoms with van der Waals surface area (Å²) in [5, 5.41) is 0. The van der Waals surface area contributed by atoms with Crippen LogP contribution in [0.5, 0.6) is 0 Å². The summed E-state index contributed by atoms with van der Waals surface area (Å²) in [7, 11) is 0. The molecule has 0 amide bonds. The molecule has 0 bridgehead atoms. The predicted molar refractivity (Wildman–Crippen MR) is 60.5 cm³/mol. The van der Waals surface area contributed by atoms with Gasteiger partial charge >= 0.3 is 0 Å². The van der Waals surface area contributed by atoms with Crippen LogP contribution in [0.2, 0.25) is 0 Å². The Bertz CT molecular complexity index is 363. The van der Waals surface area contributed by atoms with Gasteiger partial charge in [-0.1, -0.05) is 31.2 Å². The lowest BCUT2D eigenvalue weighted by atomic mass is 9.89. The molecule has 0 spiro atoms. The number of Topliss-reactive ketones (excluding diaryl/α,β-unsaturated/α-hetero) is 1. The Balaban J connectivity index is 2.26. The number of rotatable bonds is 4. The highest BCUT2D eigenvalue weighted by Gasteiger charge is 2.49. The molecule has 2 N–H and O–H groups in total. The highest BCUT2D eigenvalue weighted by molar-refractivity contribution is 5.92. The first-order valence-corrected chi connectivity index (χ1v) is 5.56. The Morgan fingerprint density at radius 1 is 1.33 bits per heavy atom. The zero-order chi connectivity index (χ0) is 10.9. The average Bonchev–Trinajstić information content (AvgIpc) is 3.09. The summed E-state index contributed by atoms with van der Waals surface area (Å²) >= 11 is 0. The topological polar surface area (TPSA) is 43.1 Å². The average molecular weight is 203 g/mol. The Labute approximate surface area is 90.5 Å². The van der Waals surface area contributed by atoms with Crippen molar-refractivity contribution in [1.29, 1.82) is 0 Å². The van der Waals surface area contributed by atoms with Crippen molar-refractivity contribution < 1.29 is 4.79 Å². The van der Waals surface area contributed by atoms with E-state index in [0.29, 0.717) is 18.7 Å². The van der Waals surface area contributed by atoms with Gasteiger partial charge in [-0.05, 0) is 24.0 Å². The minimum atomic E-state index is -0.137. The SMILES string of the molecule is CCC(=O)C1(c2ccc(CN)cc2)CC1. The molecule has 2 nitrogen and oxygen atoms in total. The number of carbonyl (C=O) groups is 1. The van der Waals surface area contributed by atoms with E-state index in [1.54, 1.807) is 0 Å². The second-order valence-corrected chi connectivity index (χ2v) is 4.26. The molecule has 0 atom stereocenters. The van der Waals surface area contributed by atoms with Crippen LogP contribution < -0.4 is 5.73 Å². The molecule has 1 saturated carbocycles. The lowest BCUT2D eigenvalue weighted by molar-refractivity contribution is -0.121. The van der Waals surface area contributed by atoms with Gasteiger partial charge < -0.3 is 5.73 Å². The summed E-state index contributed by atoms with van der Waals surface area (Å²) in [5.74, 6) is 0.378. The third-order valence-corrected chi connectivity index (χ3v) is 3.35. The molecule has 1 aromatic carbocycles. The lowest BCUT2D eigenvalue weighted by Crippen LogP contribution is -2.19. The van der Waals surface area contributed by atoms with Crippen molar-refractivity contribution in [2.24, 2.45) is 5.73 Å². The number of hydrogen-bond acceptors (Lipinski definition) is 2. The van der Waals surface area contributed by atoms with Gasteiger partial charge in [0.15, 0.2) is 0 Å². The van der Waals surface area contributed by atoms with Gasteiger partial charge in [0.05, 0.1) is 5.41 Å². The molecule has 0 radical (unpaired) electrons. The third kappa shape index (κ3) is 1.70. The van der Waals surface area contributed by atoms with Crippen LogP contribution in [0.1, 0.15) is 37.3 Å². The normalized spacial score (nSPS) is 17.5. The number of carbonyl (C=O) groups excluding carboxylic acids is 1. The van der Waals surface area contributed by atoms with Gasteiger partial charge in [-0.15, -0.1) is 0 Å². The smallest absolute Gasteiger partial charge is 0.143 e. The highest BCUT2D eigenvalue weighted by atomic mass is 16.1. The standard InChI is InChI=1S/C13H17NO/c1-2-12(15)13(7-8-13)11-5-3-10(9-14)4-6-11/h3-6H,2,7-9,14H2,1H3. The summed E-state index contributed by atoms with van der Waals surface area (Å²) in [6, 6.07) is 8.17. The second-order valence-electron chi connectivity index (χ2n) is 4.26. The summed E-state index contributed by atoms with van der Waals surface area (Å²) in [6.07, 6.45) is 2.67. The van der Waals surface area contributed by atoms with Gasteiger partial charge in [-0.25, -0.2) is 0 Å². The van der Waals surface area contributed by atoms with E-state index in [-0.39, 0.29) is 5.41 Å². The van der Waals surface area contributed by atoms with Gasteiger partial charge in [0.25, 0.3) is 0 Å². The molecule has 1 aromatic rings. The van der Waals surface area contributed by atoms with Crippen LogP contribution >= 0.6 is 0 Å². The Hall–Kier alpha value is -1.15. The maximum absolute atomic E-state index is 11.8. The van der Waals surface area contributed by atoms with Crippen molar-refractivity contribution >= 4 is 5.78 Å². The first-order chi connectivity index (χ1) is 7.23. The zero-order valence-electron chi connectivity index (χ0n) is 9.12. The molecule has 1 aliphatic carbocycles. The van der Waals surface area contributed by atoms with Crippen molar-refractivity contribution in [3.8, 4) is 0 Å². The Morgan fingerprint density at radius 2 is 1.93 bits per heavy atom. The van der Waals surface area contributed by atoms with E-state index in [9.17, 15) is 4.79 Å². The molecule has 0 aromatic heterocycles. The lowest BCUT2D eigenvalue weighted by Gasteiger charge is -2.13. The van der Waals surface area contributed by atoms with E-state index in [1.807, 2.05) is 19.1 Å². The summed E-state index contributed by atoms with van der Waals surface area (Å²) in [4.78, 5) is 11.8. The number of hydrogen-bond donors (Lipinski definition) is 1. The molecular weight excluding hydrogens is 186 g/mol. The maximum Gasteiger partial charge on any atom is 0.143 e. The number of ketones is 1. The maximum atomic E-state index is 11.8. The summed E-state index contributed by atoms with van der Waals surface area (Å²) in [5.41, 5.74) is 7.70. The molecule has 2 heteroatoms. The van der Waals surface area contributed by atoms with Crippen LogP contribution in [-0.2, 0) is 16.8 Å². The van der Waals surface area contributed by atoms with Crippen molar-refractivity contribution in [3.05, 3.63) is 35.4 Å². The predicted octanol–water partition coefficient (Wildman–Crippen LogP) is 2.16. The van der Waals surface area contributed by atoms with Gasteiger partial charge in [0.1, 0.15) is 5.78 Å². The second kappa shape index (κ2) is 3.78. The van der Waals surface area contributed by atoms with E-state index in [0.717, 1.165) is 18.4 Å². The Morgan fingerprint density at radius 3 is 2.33 bits per heavy atom. The third-order valence-electron chi connectivity index (χ3n) is 3.35. The number of benzene rings is 1. The molecule has 1 aliphatic rings. The zero-order valence-corrected chi connectivity index (χ0v) is 9.12. The van der Waals surface area contributed by atoms with Gasteiger partial charge in [0, 0.05) is 13.0 Å². The van der Waals surface area contributed by atoms with Gasteiger partial charge in [-0.2, -0.15) is 0 Å². The molecule has 15 heavy (non-hydrogen) atoms. The number of nitrogens with two attached hydrogens (primary N) is 1. The summed E-state index contributed by atoms with van der Waals surface area (Å²) < 4.78 is 0. The van der Waals surface area contributed by atoms with E-state index in [1.165, 1.54) is 5.56 Å². The molecule has 0 unspecified atom stereocenters. The minimum Gasteiger partial charge on any atom is -0.326 e. The van der Waals surface area contributed by atoms with Crippen molar-refractivity contribution in [3.63, 3.8) is 0 Å². The monoisotopic (exact) mass is 203 g/mol. The molecular formula is C13H17NO. The van der Waals surface area contributed by atoms with E-state index in [4.69, 9.17) is 5.73 Å². The fraction of sp³-hybridized carbons (Fsp3) is 0.462.